The molecule has 2 rings (SSSR count). The van der Waals surface area contributed by atoms with Crippen LogP contribution in [0.4, 0.5) is 0 Å². The van der Waals surface area contributed by atoms with Crippen LogP contribution in [-0.2, 0) is 14.6 Å². The van der Waals surface area contributed by atoms with Gasteiger partial charge in [-0.3, -0.25) is 4.79 Å². The highest BCUT2D eigenvalue weighted by Crippen LogP contribution is 2.29. The van der Waals surface area contributed by atoms with Crippen LogP contribution in [-0.4, -0.2) is 38.1 Å². The summed E-state index contributed by atoms with van der Waals surface area (Å²) in [4.78, 5) is 13.5. The number of benzene rings is 1. The van der Waals surface area contributed by atoms with Gasteiger partial charge in [0.1, 0.15) is 0 Å². The number of allylic oxidation sites excluding steroid dienone is 1. The second-order valence-corrected chi connectivity index (χ2v) is 7.18. The Labute approximate surface area is 120 Å². The predicted molar refractivity (Wildman–Crippen MR) is 79.0 cm³/mol. The monoisotopic (exact) mass is 293 g/mol. The lowest BCUT2D eigenvalue weighted by molar-refractivity contribution is -0.125. The Balaban J connectivity index is 2.22. The van der Waals surface area contributed by atoms with Crippen molar-refractivity contribution < 1.29 is 13.2 Å². The summed E-state index contributed by atoms with van der Waals surface area (Å²) in [5, 5.41) is -0.507. The third-order valence-electron chi connectivity index (χ3n) is 3.53. The average Bonchev–Trinajstić information content (AvgIpc) is 2.58. The van der Waals surface area contributed by atoms with E-state index in [1.807, 2.05) is 30.3 Å². The van der Waals surface area contributed by atoms with E-state index in [9.17, 15) is 13.2 Å². The first-order valence-corrected chi connectivity index (χ1v) is 8.44. The molecule has 1 fully saturated rings. The summed E-state index contributed by atoms with van der Waals surface area (Å²) in [5.74, 6) is -0.0908. The summed E-state index contributed by atoms with van der Waals surface area (Å²) in [7, 11) is -3.21. The van der Waals surface area contributed by atoms with Crippen LogP contribution in [0.5, 0.6) is 0 Å². The number of nitrogens with zero attached hydrogens (tertiary/aromatic N) is 1. The quantitative estimate of drug-likeness (QED) is 0.783. The van der Waals surface area contributed by atoms with Crippen LogP contribution in [0.25, 0.3) is 0 Å². The van der Waals surface area contributed by atoms with E-state index >= 15 is 0 Å². The molecule has 1 aromatic carbocycles. The zero-order valence-corrected chi connectivity index (χ0v) is 12.3. The molecule has 0 bridgehead atoms. The molecule has 5 heteroatoms. The van der Waals surface area contributed by atoms with Crippen molar-refractivity contribution >= 4 is 15.7 Å². The standard InChI is InChI=1S/C15H19NO3S/c1-2-6-15(17)16-10-9-14(20(18,19)12-11-16)13-7-4-3-5-8-13/h2-8,14H,9-12H2,1H3/b6-2+. The fourth-order valence-electron chi connectivity index (χ4n) is 2.45. The van der Waals surface area contributed by atoms with Crippen LogP contribution in [0.2, 0.25) is 0 Å². The minimum Gasteiger partial charge on any atom is -0.338 e. The summed E-state index contributed by atoms with van der Waals surface area (Å²) in [5.41, 5.74) is 0.813. The van der Waals surface area contributed by atoms with Gasteiger partial charge in [0.05, 0.1) is 11.0 Å². The number of sulfone groups is 1. The fraction of sp³-hybridized carbons (Fsp3) is 0.400. The molecule has 1 aromatic rings. The highest BCUT2D eigenvalue weighted by Gasteiger charge is 2.31. The highest BCUT2D eigenvalue weighted by molar-refractivity contribution is 7.91. The molecule has 1 aliphatic rings. The van der Waals surface area contributed by atoms with E-state index in [0.717, 1.165) is 5.56 Å². The van der Waals surface area contributed by atoms with Gasteiger partial charge >= 0.3 is 0 Å². The van der Waals surface area contributed by atoms with Gasteiger partial charge in [0, 0.05) is 13.1 Å². The maximum absolute atomic E-state index is 12.4. The lowest BCUT2D eigenvalue weighted by Gasteiger charge is -2.18. The number of amides is 1. The SMILES string of the molecule is C/C=C/C(=O)N1CCC(c2ccccc2)S(=O)(=O)CC1. The van der Waals surface area contributed by atoms with Crippen molar-refractivity contribution in [3.05, 3.63) is 48.0 Å². The molecule has 4 nitrogen and oxygen atoms in total. The number of hydrogen-bond acceptors (Lipinski definition) is 3. The van der Waals surface area contributed by atoms with Gasteiger partial charge in [0.15, 0.2) is 9.84 Å². The average molecular weight is 293 g/mol. The number of rotatable bonds is 2. The van der Waals surface area contributed by atoms with E-state index in [-0.39, 0.29) is 18.2 Å². The van der Waals surface area contributed by atoms with Crippen LogP contribution >= 0.6 is 0 Å². The molecular formula is C15H19NO3S. The smallest absolute Gasteiger partial charge is 0.246 e. The molecule has 0 spiro atoms. The summed E-state index contributed by atoms with van der Waals surface area (Å²) < 4.78 is 24.7. The minimum absolute atomic E-state index is 0.0237. The van der Waals surface area contributed by atoms with E-state index in [2.05, 4.69) is 0 Å². The number of carbonyl (C=O) groups excluding carboxylic acids is 1. The predicted octanol–water partition coefficient (Wildman–Crippen LogP) is 1.95. The molecule has 0 aromatic heterocycles. The van der Waals surface area contributed by atoms with Crippen molar-refractivity contribution in [1.29, 1.82) is 0 Å². The van der Waals surface area contributed by atoms with Crippen LogP contribution in [0, 0.1) is 0 Å². The maximum Gasteiger partial charge on any atom is 0.246 e. The second-order valence-electron chi connectivity index (χ2n) is 4.88. The maximum atomic E-state index is 12.4. The first kappa shape index (κ1) is 14.8. The first-order valence-electron chi connectivity index (χ1n) is 6.72. The fourth-order valence-corrected chi connectivity index (χ4v) is 4.25. The Morgan fingerprint density at radius 2 is 1.95 bits per heavy atom. The largest absolute Gasteiger partial charge is 0.338 e. The third kappa shape index (κ3) is 3.28. The van der Waals surface area contributed by atoms with Gasteiger partial charge < -0.3 is 4.90 Å². The normalized spacial score (nSPS) is 22.6. The zero-order valence-electron chi connectivity index (χ0n) is 11.5. The Bertz CT molecular complexity index is 593. The topological polar surface area (TPSA) is 54.5 Å². The van der Waals surface area contributed by atoms with Crippen LogP contribution in [0.15, 0.2) is 42.5 Å². The van der Waals surface area contributed by atoms with Crippen molar-refractivity contribution in [2.75, 3.05) is 18.8 Å². The Morgan fingerprint density at radius 1 is 1.25 bits per heavy atom. The van der Waals surface area contributed by atoms with E-state index < -0.39 is 15.1 Å². The van der Waals surface area contributed by atoms with Crippen molar-refractivity contribution in [3.63, 3.8) is 0 Å². The molecule has 0 radical (unpaired) electrons. The van der Waals surface area contributed by atoms with Gasteiger partial charge in [-0.25, -0.2) is 8.42 Å². The molecule has 0 aliphatic carbocycles. The van der Waals surface area contributed by atoms with Gasteiger partial charge in [0.25, 0.3) is 0 Å². The summed E-state index contributed by atoms with van der Waals surface area (Å²) in [6, 6.07) is 9.24. The minimum atomic E-state index is -3.21. The van der Waals surface area contributed by atoms with Gasteiger partial charge in [0.2, 0.25) is 5.91 Å². The number of hydrogen-bond donors (Lipinski definition) is 0. The molecule has 1 unspecified atom stereocenters. The Hall–Kier alpha value is -1.62. The van der Waals surface area contributed by atoms with Gasteiger partial charge in [-0.2, -0.15) is 0 Å². The molecule has 1 amide bonds. The van der Waals surface area contributed by atoms with Crippen molar-refractivity contribution in [3.8, 4) is 0 Å². The van der Waals surface area contributed by atoms with Gasteiger partial charge in [-0.05, 0) is 25.0 Å². The van der Waals surface area contributed by atoms with Gasteiger partial charge in [-0.1, -0.05) is 36.4 Å². The van der Waals surface area contributed by atoms with Crippen LogP contribution < -0.4 is 0 Å². The van der Waals surface area contributed by atoms with Crippen molar-refractivity contribution in [1.82, 2.24) is 4.90 Å². The van der Waals surface area contributed by atoms with Crippen LogP contribution in [0.3, 0.4) is 0 Å². The molecule has 0 saturated carbocycles. The van der Waals surface area contributed by atoms with E-state index in [4.69, 9.17) is 0 Å². The van der Waals surface area contributed by atoms with E-state index in [1.165, 1.54) is 6.08 Å². The molecule has 1 aliphatic heterocycles. The van der Waals surface area contributed by atoms with Gasteiger partial charge in [-0.15, -0.1) is 0 Å². The molecule has 0 N–H and O–H groups in total. The lowest BCUT2D eigenvalue weighted by Crippen LogP contribution is -2.32. The third-order valence-corrected chi connectivity index (χ3v) is 5.66. The second kappa shape index (κ2) is 6.22. The van der Waals surface area contributed by atoms with Crippen molar-refractivity contribution in [2.45, 2.75) is 18.6 Å². The number of carbonyl (C=O) groups is 1. The summed E-state index contributed by atoms with van der Waals surface area (Å²) >= 11 is 0. The Kier molecular flexibility index (Phi) is 4.60. The molecule has 20 heavy (non-hydrogen) atoms. The first-order chi connectivity index (χ1) is 9.54. The molecule has 108 valence electrons. The lowest BCUT2D eigenvalue weighted by atomic mass is 10.1. The zero-order chi connectivity index (χ0) is 14.6. The van der Waals surface area contributed by atoms with E-state index in [0.29, 0.717) is 13.0 Å². The summed E-state index contributed by atoms with van der Waals surface area (Å²) in [6.07, 6.45) is 3.61. The highest BCUT2D eigenvalue weighted by atomic mass is 32.2. The van der Waals surface area contributed by atoms with E-state index in [1.54, 1.807) is 17.9 Å². The summed E-state index contributed by atoms with van der Waals surface area (Å²) in [6.45, 7) is 2.52. The van der Waals surface area contributed by atoms with Crippen LogP contribution in [0.1, 0.15) is 24.2 Å². The molecule has 1 atom stereocenters. The Morgan fingerprint density at radius 3 is 2.60 bits per heavy atom. The van der Waals surface area contributed by atoms with Crippen molar-refractivity contribution in [2.24, 2.45) is 0 Å². The molecule has 1 saturated heterocycles. The molecular weight excluding hydrogens is 274 g/mol. The molecule has 1 heterocycles.